The molecule has 4 unspecified atom stereocenters. The van der Waals surface area contributed by atoms with Gasteiger partial charge >= 0.3 is 12.1 Å². The number of hydrogen-bond acceptors (Lipinski definition) is 6. The quantitative estimate of drug-likeness (QED) is 0.418. The number of carbonyl (C=O) groups excluding carboxylic acids is 4. The molecule has 3 N–H and O–H groups in total. The number of rotatable bonds is 10. The van der Waals surface area contributed by atoms with Gasteiger partial charge in [-0.2, -0.15) is 0 Å². The Balaban J connectivity index is 1.72. The van der Waals surface area contributed by atoms with Crippen molar-refractivity contribution < 1.29 is 33.8 Å². The lowest BCUT2D eigenvalue weighted by Crippen LogP contribution is -2.59. The van der Waals surface area contributed by atoms with Crippen molar-refractivity contribution in [2.24, 2.45) is 11.8 Å². The second-order valence-electron chi connectivity index (χ2n) is 9.54. The topological polar surface area (TPSA) is 142 Å². The van der Waals surface area contributed by atoms with Crippen molar-refractivity contribution >= 4 is 29.7 Å². The Bertz CT molecular complexity index is 952. The number of fused-ring (bicyclic) bond motifs is 1. The first-order chi connectivity index (χ1) is 17.3. The van der Waals surface area contributed by atoms with Crippen LogP contribution in [-0.4, -0.2) is 64.8 Å². The molecule has 0 aromatic heterocycles. The molecule has 1 aromatic carbocycles. The first kappa shape index (κ1) is 27.2. The van der Waals surface area contributed by atoms with Gasteiger partial charge in [-0.25, -0.2) is 4.79 Å². The van der Waals surface area contributed by atoms with Crippen molar-refractivity contribution in [3.63, 3.8) is 0 Å². The molecule has 1 saturated heterocycles. The molecular formula is C26H35N3O7. The fourth-order valence-corrected chi connectivity index (χ4v) is 5.11. The summed E-state index contributed by atoms with van der Waals surface area (Å²) in [6, 6.07) is 7.34. The number of carboxylic acid groups (broad SMARTS) is 1. The van der Waals surface area contributed by atoms with E-state index in [1.165, 1.54) is 4.90 Å². The molecule has 196 valence electrons. The third-order valence-corrected chi connectivity index (χ3v) is 6.98. The monoisotopic (exact) mass is 501 g/mol. The number of benzene rings is 1. The summed E-state index contributed by atoms with van der Waals surface area (Å²) >= 11 is 0. The molecule has 1 saturated carbocycles. The highest BCUT2D eigenvalue weighted by molar-refractivity contribution is 6.38. The van der Waals surface area contributed by atoms with Gasteiger partial charge in [0.2, 0.25) is 11.7 Å². The molecule has 36 heavy (non-hydrogen) atoms. The van der Waals surface area contributed by atoms with Gasteiger partial charge in [-0.05, 0) is 36.7 Å². The van der Waals surface area contributed by atoms with Crippen LogP contribution in [0, 0.1) is 11.8 Å². The van der Waals surface area contributed by atoms with Gasteiger partial charge in [0.15, 0.2) is 0 Å². The van der Waals surface area contributed by atoms with E-state index in [0.717, 1.165) is 31.2 Å². The maximum atomic E-state index is 13.4. The second-order valence-corrected chi connectivity index (χ2v) is 9.54. The first-order valence-corrected chi connectivity index (χ1v) is 12.6. The Kier molecular flexibility index (Phi) is 9.84. The highest BCUT2D eigenvalue weighted by Gasteiger charge is 2.43. The summed E-state index contributed by atoms with van der Waals surface area (Å²) in [6.45, 7) is 1.60. The van der Waals surface area contributed by atoms with Gasteiger partial charge in [0.05, 0.1) is 6.04 Å². The Hall–Kier alpha value is -3.43. The third-order valence-electron chi connectivity index (χ3n) is 6.98. The van der Waals surface area contributed by atoms with Crippen LogP contribution in [0.25, 0.3) is 0 Å². The number of hydrogen-bond donors (Lipinski definition) is 3. The van der Waals surface area contributed by atoms with Crippen molar-refractivity contribution in [3.05, 3.63) is 35.9 Å². The van der Waals surface area contributed by atoms with Crippen molar-refractivity contribution in [2.75, 3.05) is 13.1 Å². The van der Waals surface area contributed by atoms with Gasteiger partial charge in [0.1, 0.15) is 19.2 Å². The minimum atomic E-state index is -1.28. The van der Waals surface area contributed by atoms with Crippen LogP contribution in [0.2, 0.25) is 0 Å². The summed E-state index contributed by atoms with van der Waals surface area (Å²) in [4.78, 5) is 63.5. The molecule has 0 radical (unpaired) electrons. The molecule has 10 nitrogen and oxygen atoms in total. The summed E-state index contributed by atoms with van der Waals surface area (Å²) in [7, 11) is 0. The number of aliphatic carboxylic acids is 1. The van der Waals surface area contributed by atoms with E-state index >= 15 is 0 Å². The summed E-state index contributed by atoms with van der Waals surface area (Å²) in [5.41, 5.74) is 0.834. The zero-order chi connectivity index (χ0) is 26.1. The Morgan fingerprint density at radius 2 is 1.78 bits per heavy atom. The number of amides is 3. The number of carbonyl (C=O) groups is 5. The lowest BCUT2D eigenvalue weighted by molar-refractivity contribution is -0.143. The molecule has 1 aliphatic carbocycles. The van der Waals surface area contributed by atoms with Gasteiger partial charge in [-0.3, -0.25) is 24.1 Å². The van der Waals surface area contributed by atoms with Crippen LogP contribution >= 0.6 is 0 Å². The second kappa shape index (κ2) is 13.0. The minimum Gasteiger partial charge on any atom is -0.480 e. The van der Waals surface area contributed by atoms with Gasteiger partial charge in [-0.1, -0.05) is 62.9 Å². The molecule has 1 aromatic rings. The molecule has 2 aliphatic rings. The van der Waals surface area contributed by atoms with Crippen LogP contribution in [0.4, 0.5) is 4.79 Å². The van der Waals surface area contributed by atoms with Gasteiger partial charge in [0, 0.05) is 6.54 Å². The molecule has 0 bridgehead atoms. The zero-order valence-electron chi connectivity index (χ0n) is 20.6. The van der Waals surface area contributed by atoms with E-state index in [1.54, 1.807) is 0 Å². The van der Waals surface area contributed by atoms with E-state index in [2.05, 4.69) is 5.32 Å². The number of nitrogens with zero attached hydrogens (tertiary/aromatic N) is 1. The molecule has 10 heteroatoms. The molecule has 1 aliphatic heterocycles. The van der Waals surface area contributed by atoms with Crippen molar-refractivity contribution in [1.82, 2.24) is 15.5 Å². The Morgan fingerprint density at radius 3 is 2.44 bits per heavy atom. The molecule has 1 heterocycles. The molecule has 0 spiro atoms. The molecular weight excluding hydrogens is 466 g/mol. The largest absolute Gasteiger partial charge is 0.480 e. The maximum absolute atomic E-state index is 13.4. The van der Waals surface area contributed by atoms with Crippen LogP contribution in [-0.2, 0) is 30.5 Å². The summed E-state index contributed by atoms with van der Waals surface area (Å²) in [5, 5.41) is 13.5. The van der Waals surface area contributed by atoms with Crippen LogP contribution in [0.3, 0.4) is 0 Å². The van der Waals surface area contributed by atoms with Crippen LogP contribution in [0.5, 0.6) is 0 Å². The highest BCUT2D eigenvalue weighted by atomic mass is 16.6. The van der Waals surface area contributed by atoms with E-state index in [-0.39, 0.29) is 13.0 Å². The van der Waals surface area contributed by atoms with E-state index in [9.17, 15) is 24.0 Å². The summed E-state index contributed by atoms with van der Waals surface area (Å²) in [6.07, 6.45) is 4.75. The van der Waals surface area contributed by atoms with Crippen LogP contribution in [0.1, 0.15) is 57.4 Å². The van der Waals surface area contributed by atoms with E-state index in [4.69, 9.17) is 9.84 Å². The Morgan fingerprint density at radius 1 is 1.08 bits per heavy atom. The lowest BCUT2D eigenvalue weighted by atomic mass is 9.73. The number of Topliss-reactive ketones (excluding diaryl/α,β-unsaturated/α-hetero) is 1. The number of likely N-dealkylation sites (tertiary alicyclic amines) is 1. The van der Waals surface area contributed by atoms with E-state index in [1.807, 2.05) is 42.6 Å². The van der Waals surface area contributed by atoms with Crippen LogP contribution in [0.15, 0.2) is 30.3 Å². The van der Waals surface area contributed by atoms with Crippen molar-refractivity contribution in [2.45, 2.75) is 70.6 Å². The van der Waals surface area contributed by atoms with Crippen LogP contribution < -0.4 is 10.6 Å². The van der Waals surface area contributed by atoms with E-state index in [0.29, 0.717) is 31.2 Å². The normalized spacial score (nSPS) is 22.0. The van der Waals surface area contributed by atoms with Crippen molar-refractivity contribution in [1.29, 1.82) is 0 Å². The number of carboxylic acids is 1. The SMILES string of the molecule is CCCC(NC(=O)C1CC2CCCCC2CN1C(=O)OCc1ccccc1)C(=O)C(=O)NCC(=O)O. The average Bonchev–Trinajstić information content (AvgIpc) is 2.89. The number of ketones is 1. The average molecular weight is 502 g/mol. The molecule has 3 rings (SSSR count). The first-order valence-electron chi connectivity index (χ1n) is 12.6. The molecule has 4 atom stereocenters. The zero-order valence-corrected chi connectivity index (χ0v) is 20.6. The highest BCUT2D eigenvalue weighted by Crippen LogP contribution is 2.39. The predicted molar refractivity (Wildman–Crippen MR) is 130 cm³/mol. The Labute approximate surface area is 210 Å². The third kappa shape index (κ3) is 7.29. The summed E-state index contributed by atoms with van der Waals surface area (Å²) < 4.78 is 5.54. The lowest BCUT2D eigenvalue weighted by Gasteiger charge is -2.45. The standard InChI is InChI=1S/C26H35N3O7/c1-2-8-20(23(32)25(34)27-14-22(30)31)28-24(33)21-13-18-11-6-7-12-19(18)15-29(21)26(35)36-16-17-9-4-3-5-10-17/h3-5,9-10,18-21H,2,6-8,11-16H2,1H3,(H,27,34)(H,28,33)(H,30,31). The van der Waals surface area contributed by atoms with E-state index < -0.39 is 48.3 Å². The number of nitrogens with one attached hydrogen (secondary N) is 2. The molecule has 3 amide bonds. The van der Waals surface area contributed by atoms with Crippen molar-refractivity contribution in [3.8, 4) is 0 Å². The predicted octanol–water partition coefficient (Wildman–Crippen LogP) is 2.26. The van der Waals surface area contributed by atoms with Gasteiger partial charge in [-0.15, -0.1) is 0 Å². The summed E-state index contributed by atoms with van der Waals surface area (Å²) in [5.74, 6) is -3.16. The number of piperidine rings is 1. The van der Waals surface area contributed by atoms with Gasteiger partial charge in [0.25, 0.3) is 5.91 Å². The number of ether oxygens (including phenoxy) is 1. The fraction of sp³-hybridized carbons (Fsp3) is 0.577. The fourth-order valence-electron chi connectivity index (χ4n) is 5.11. The minimum absolute atomic E-state index is 0.0826. The smallest absolute Gasteiger partial charge is 0.410 e. The molecule has 2 fully saturated rings. The van der Waals surface area contributed by atoms with Gasteiger partial charge < -0.3 is 20.5 Å². The maximum Gasteiger partial charge on any atom is 0.410 e.